The second kappa shape index (κ2) is 7.17. The molecule has 0 spiro atoms. The summed E-state index contributed by atoms with van der Waals surface area (Å²) in [6.07, 6.45) is 5.52. The van der Waals surface area contributed by atoms with E-state index in [0.717, 1.165) is 35.4 Å². The summed E-state index contributed by atoms with van der Waals surface area (Å²) in [5.74, 6) is -0.0489. The zero-order valence-electron chi connectivity index (χ0n) is 14.7. The number of aromatic nitrogens is 2. The van der Waals surface area contributed by atoms with E-state index >= 15 is 0 Å². The van der Waals surface area contributed by atoms with Crippen LogP contribution in [0.3, 0.4) is 0 Å². The number of hydrogen-bond donors (Lipinski definition) is 2. The van der Waals surface area contributed by atoms with Crippen molar-refractivity contribution in [3.63, 3.8) is 0 Å². The molecule has 0 unspecified atom stereocenters. The molecule has 0 radical (unpaired) electrons. The summed E-state index contributed by atoms with van der Waals surface area (Å²) >= 11 is 0. The highest BCUT2D eigenvalue weighted by atomic mass is 16.5. The lowest BCUT2D eigenvalue weighted by molar-refractivity contribution is 0.0697. The summed E-state index contributed by atoms with van der Waals surface area (Å²) in [7, 11) is 1.88. The predicted molar refractivity (Wildman–Crippen MR) is 101 cm³/mol. The van der Waals surface area contributed by atoms with Gasteiger partial charge in [0, 0.05) is 43.6 Å². The maximum Gasteiger partial charge on any atom is 0.252 e. The number of nitrogens with zero attached hydrogens (tertiary/aromatic N) is 2. The Morgan fingerprint density at radius 1 is 1.19 bits per heavy atom. The van der Waals surface area contributed by atoms with Crippen LogP contribution in [0.25, 0.3) is 16.9 Å². The van der Waals surface area contributed by atoms with Crippen LogP contribution in [-0.2, 0) is 4.74 Å². The lowest BCUT2D eigenvalue weighted by atomic mass is 10.0. The average Bonchev–Trinajstić information content (AvgIpc) is 3.11. The van der Waals surface area contributed by atoms with Crippen LogP contribution in [0.15, 0.2) is 48.8 Å². The van der Waals surface area contributed by atoms with Crippen molar-refractivity contribution < 1.29 is 9.53 Å². The first kappa shape index (κ1) is 16.6. The van der Waals surface area contributed by atoms with E-state index in [9.17, 15) is 4.79 Å². The van der Waals surface area contributed by atoms with E-state index < -0.39 is 0 Å². The van der Waals surface area contributed by atoms with Gasteiger partial charge in [0.2, 0.25) is 0 Å². The largest absolute Gasteiger partial charge is 0.387 e. The first-order valence-corrected chi connectivity index (χ1v) is 8.89. The van der Waals surface area contributed by atoms with Gasteiger partial charge in [-0.05, 0) is 31.0 Å². The number of amides is 1. The van der Waals surface area contributed by atoms with Crippen LogP contribution in [0.1, 0.15) is 23.2 Å². The minimum absolute atomic E-state index is 0.0489. The van der Waals surface area contributed by atoms with Crippen molar-refractivity contribution in [1.82, 2.24) is 14.7 Å². The van der Waals surface area contributed by atoms with Crippen LogP contribution in [0.4, 0.5) is 5.69 Å². The molecule has 4 rings (SSSR count). The van der Waals surface area contributed by atoms with Crippen LogP contribution in [0, 0.1) is 0 Å². The van der Waals surface area contributed by atoms with Crippen molar-refractivity contribution in [3.8, 4) is 11.3 Å². The van der Waals surface area contributed by atoms with Gasteiger partial charge in [-0.2, -0.15) is 0 Å². The fraction of sp³-hybridized carbons (Fsp3) is 0.300. The number of fused-ring (bicyclic) bond motifs is 1. The first-order valence-electron chi connectivity index (χ1n) is 8.89. The van der Waals surface area contributed by atoms with Crippen LogP contribution in [0.2, 0.25) is 0 Å². The molecule has 6 heteroatoms. The van der Waals surface area contributed by atoms with E-state index in [1.807, 2.05) is 60.2 Å². The molecule has 0 bridgehead atoms. The van der Waals surface area contributed by atoms with Crippen LogP contribution >= 0.6 is 0 Å². The average molecular weight is 350 g/mol. The molecular formula is C20H22N4O2. The smallest absolute Gasteiger partial charge is 0.252 e. The van der Waals surface area contributed by atoms with Crippen molar-refractivity contribution in [2.45, 2.75) is 18.9 Å². The summed E-state index contributed by atoms with van der Waals surface area (Å²) in [6.45, 7) is 1.40. The Labute approximate surface area is 152 Å². The van der Waals surface area contributed by atoms with Gasteiger partial charge >= 0.3 is 0 Å². The monoisotopic (exact) mass is 350 g/mol. The number of anilines is 1. The molecule has 0 saturated carbocycles. The molecule has 6 nitrogen and oxygen atoms in total. The summed E-state index contributed by atoms with van der Waals surface area (Å²) < 4.78 is 7.38. The summed E-state index contributed by atoms with van der Waals surface area (Å²) in [5, 5.41) is 6.29. The molecule has 3 heterocycles. The van der Waals surface area contributed by atoms with E-state index in [1.54, 1.807) is 0 Å². The molecule has 26 heavy (non-hydrogen) atoms. The van der Waals surface area contributed by atoms with Gasteiger partial charge in [0.25, 0.3) is 5.91 Å². The summed E-state index contributed by atoms with van der Waals surface area (Å²) in [5.41, 5.74) is 4.27. The molecule has 1 saturated heterocycles. The van der Waals surface area contributed by atoms with E-state index in [-0.39, 0.29) is 11.9 Å². The van der Waals surface area contributed by atoms with E-state index in [4.69, 9.17) is 4.74 Å². The molecule has 2 aromatic heterocycles. The number of carbonyl (C=O) groups excluding carboxylic acids is 1. The van der Waals surface area contributed by atoms with Crippen molar-refractivity contribution in [2.24, 2.45) is 0 Å². The Hall–Kier alpha value is -2.86. The van der Waals surface area contributed by atoms with Gasteiger partial charge in [0.05, 0.1) is 17.6 Å². The van der Waals surface area contributed by atoms with Crippen molar-refractivity contribution in [3.05, 3.63) is 54.4 Å². The van der Waals surface area contributed by atoms with Gasteiger partial charge in [0.15, 0.2) is 0 Å². The number of pyridine rings is 1. The third-order valence-electron chi connectivity index (χ3n) is 4.80. The van der Waals surface area contributed by atoms with Gasteiger partial charge in [-0.15, -0.1) is 0 Å². The third-order valence-corrected chi connectivity index (χ3v) is 4.80. The molecule has 3 aromatic rings. The SMILES string of the molecule is CNc1ccc2ncc(-c3ccccc3C(=O)NC3CCOCC3)n2c1. The molecule has 0 aliphatic carbocycles. The third kappa shape index (κ3) is 3.15. The van der Waals surface area contributed by atoms with Crippen LogP contribution < -0.4 is 10.6 Å². The van der Waals surface area contributed by atoms with Gasteiger partial charge in [-0.1, -0.05) is 18.2 Å². The Morgan fingerprint density at radius 3 is 2.81 bits per heavy atom. The van der Waals surface area contributed by atoms with Crippen molar-refractivity contribution >= 4 is 17.2 Å². The molecule has 2 N–H and O–H groups in total. The molecular weight excluding hydrogens is 328 g/mol. The highest BCUT2D eigenvalue weighted by Gasteiger charge is 2.20. The standard InChI is InChI=1S/C20H22N4O2/c1-21-15-6-7-19-22-12-18(24(19)13-15)16-4-2-3-5-17(16)20(25)23-14-8-10-26-11-9-14/h2-7,12-14,21H,8-11H2,1H3,(H,23,25). The second-order valence-corrected chi connectivity index (χ2v) is 6.45. The van der Waals surface area contributed by atoms with E-state index in [0.29, 0.717) is 18.8 Å². The highest BCUT2D eigenvalue weighted by molar-refractivity contribution is 6.00. The van der Waals surface area contributed by atoms with Gasteiger partial charge in [-0.25, -0.2) is 4.98 Å². The highest BCUT2D eigenvalue weighted by Crippen LogP contribution is 2.26. The number of nitrogens with one attached hydrogen (secondary N) is 2. The predicted octanol–water partition coefficient (Wildman–Crippen LogP) is 2.95. The summed E-state index contributed by atoms with van der Waals surface area (Å²) in [4.78, 5) is 17.4. The molecule has 134 valence electrons. The van der Waals surface area contributed by atoms with Crippen LogP contribution in [0.5, 0.6) is 0 Å². The number of benzene rings is 1. The number of imidazole rings is 1. The minimum atomic E-state index is -0.0489. The number of ether oxygens (including phenoxy) is 1. The quantitative estimate of drug-likeness (QED) is 0.759. The van der Waals surface area contributed by atoms with Gasteiger partial charge < -0.3 is 15.4 Å². The minimum Gasteiger partial charge on any atom is -0.387 e. The van der Waals surface area contributed by atoms with Crippen molar-refractivity contribution in [2.75, 3.05) is 25.6 Å². The molecule has 1 fully saturated rings. The van der Waals surface area contributed by atoms with E-state index in [1.165, 1.54) is 0 Å². The maximum atomic E-state index is 12.9. The molecule has 1 aromatic carbocycles. The number of rotatable bonds is 4. The fourth-order valence-corrected chi connectivity index (χ4v) is 3.34. The normalized spacial score (nSPS) is 15.1. The van der Waals surface area contributed by atoms with Crippen LogP contribution in [-0.4, -0.2) is 41.6 Å². The molecule has 1 aliphatic rings. The maximum absolute atomic E-state index is 12.9. The van der Waals surface area contributed by atoms with E-state index in [2.05, 4.69) is 15.6 Å². The summed E-state index contributed by atoms with van der Waals surface area (Å²) in [6, 6.07) is 11.8. The zero-order valence-corrected chi connectivity index (χ0v) is 14.7. The Kier molecular flexibility index (Phi) is 4.58. The number of hydrogen-bond acceptors (Lipinski definition) is 4. The van der Waals surface area contributed by atoms with Gasteiger partial charge in [0.1, 0.15) is 5.65 Å². The Morgan fingerprint density at radius 2 is 2.00 bits per heavy atom. The molecule has 0 atom stereocenters. The molecule has 1 amide bonds. The van der Waals surface area contributed by atoms with Gasteiger partial charge in [-0.3, -0.25) is 9.20 Å². The fourth-order valence-electron chi connectivity index (χ4n) is 3.34. The lowest BCUT2D eigenvalue weighted by Crippen LogP contribution is -2.39. The Bertz CT molecular complexity index is 928. The number of carbonyl (C=O) groups is 1. The second-order valence-electron chi connectivity index (χ2n) is 6.45. The first-order chi connectivity index (χ1) is 12.8. The topological polar surface area (TPSA) is 67.7 Å². The van der Waals surface area contributed by atoms with Crippen molar-refractivity contribution in [1.29, 1.82) is 0 Å². The zero-order chi connectivity index (χ0) is 17.9. The molecule has 1 aliphatic heterocycles. The lowest BCUT2D eigenvalue weighted by Gasteiger charge is -2.23. The Balaban J connectivity index is 1.70.